The van der Waals surface area contributed by atoms with Crippen molar-refractivity contribution in [3.8, 4) is 0 Å². The van der Waals surface area contributed by atoms with Crippen molar-refractivity contribution in [1.82, 2.24) is 4.90 Å². The minimum absolute atomic E-state index is 0.167. The second kappa shape index (κ2) is 8.66. The number of nitrogens with zero attached hydrogens (tertiary/aromatic N) is 1. The van der Waals surface area contributed by atoms with Crippen molar-refractivity contribution in [2.75, 3.05) is 13.1 Å². The van der Waals surface area contributed by atoms with Gasteiger partial charge in [0.15, 0.2) is 0 Å². The van der Waals surface area contributed by atoms with Crippen LogP contribution in [0.4, 0.5) is 8.78 Å². The Kier molecular flexibility index (Phi) is 5.82. The SMILES string of the molecule is Fc1ccc(C(c2ccc(F)cc2)C2CCN(Cc3ccccc3)CC2)cc1. The van der Waals surface area contributed by atoms with E-state index in [4.69, 9.17) is 0 Å². The van der Waals surface area contributed by atoms with Crippen molar-refractivity contribution in [2.24, 2.45) is 5.92 Å². The molecule has 0 atom stereocenters. The molecular formula is C25H25F2N. The Morgan fingerprint density at radius 2 is 1.21 bits per heavy atom. The zero-order chi connectivity index (χ0) is 19.3. The van der Waals surface area contributed by atoms with Gasteiger partial charge >= 0.3 is 0 Å². The molecular weight excluding hydrogens is 352 g/mol. The molecule has 0 bridgehead atoms. The van der Waals surface area contributed by atoms with Gasteiger partial charge in [-0.2, -0.15) is 0 Å². The van der Waals surface area contributed by atoms with Gasteiger partial charge in [-0.15, -0.1) is 0 Å². The van der Waals surface area contributed by atoms with E-state index < -0.39 is 0 Å². The highest BCUT2D eigenvalue weighted by molar-refractivity contribution is 5.34. The predicted molar refractivity (Wildman–Crippen MR) is 109 cm³/mol. The third kappa shape index (κ3) is 4.48. The summed E-state index contributed by atoms with van der Waals surface area (Å²) < 4.78 is 26.9. The molecule has 4 rings (SSSR count). The molecule has 0 aromatic heterocycles. The zero-order valence-corrected chi connectivity index (χ0v) is 15.9. The fraction of sp³-hybridized carbons (Fsp3) is 0.280. The lowest BCUT2D eigenvalue weighted by Crippen LogP contribution is -2.35. The third-order valence-electron chi connectivity index (χ3n) is 5.81. The molecule has 0 saturated carbocycles. The Morgan fingerprint density at radius 3 is 1.71 bits per heavy atom. The van der Waals surface area contributed by atoms with Gasteiger partial charge < -0.3 is 0 Å². The predicted octanol–water partition coefficient (Wildman–Crippen LogP) is 6.01. The highest BCUT2D eigenvalue weighted by atomic mass is 19.1. The monoisotopic (exact) mass is 377 g/mol. The van der Waals surface area contributed by atoms with Crippen LogP contribution in [0.1, 0.15) is 35.4 Å². The first-order valence-electron chi connectivity index (χ1n) is 9.96. The second-order valence-corrected chi connectivity index (χ2v) is 7.68. The number of piperidine rings is 1. The van der Waals surface area contributed by atoms with Gasteiger partial charge in [-0.25, -0.2) is 8.78 Å². The number of rotatable bonds is 5. The fourth-order valence-corrected chi connectivity index (χ4v) is 4.36. The van der Waals surface area contributed by atoms with Crippen LogP contribution < -0.4 is 0 Å². The number of hydrogen-bond donors (Lipinski definition) is 0. The average molecular weight is 377 g/mol. The fourth-order valence-electron chi connectivity index (χ4n) is 4.36. The summed E-state index contributed by atoms with van der Waals surface area (Å²) in [4.78, 5) is 2.50. The summed E-state index contributed by atoms with van der Waals surface area (Å²) in [5, 5.41) is 0. The maximum atomic E-state index is 13.4. The van der Waals surface area contributed by atoms with Crippen molar-refractivity contribution < 1.29 is 8.78 Å². The molecule has 0 spiro atoms. The first-order valence-corrected chi connectivity index (χ1v) is 9.96. The Morgan fingerprint density at radius 1 is 0.714 bits per heavy atom. The van der Waals surface area contributed by atoms with Gasteiger partial charge in [0.1, 0.15) is 11.6 Å². The van der Waals surface area contributed by atoms with E-state index in [1.165, 1.54) is 29.8 Å². The summed E-state index contributed by atoms with van der Waals surface area (Å²) in [6, 6.07) is 24.2. The van der Waals surface area contributed by atoms with Crippen molar-refractivity contribution in [1.29, 1.82) is 0 Å². The Balaban J connectivity index is 1.51. The lowest BCUT2D eigenvalue weighted by Gasteiger charge is -2.36. The van der Waals surface area contributed by atoms with E-state index in [-0.39, 0.29) is 17.6 Å². The molecule has 0 N–H and O–H groups in total. The molecule has 0 aliphatic carbocycles. The van der Waals surface area contributed by atoms with E-state index >= 15 is 0 Å². The van der Waals surface area contributed by atoms with Crippen molar-refractivity contribution in [3.63, 3.8) is 0 Å². The lowest BCUT2D eigenvalue weighted by molar-refractivity contribution is 0.168. The molecule has 3 aromatic carbocycles. The van der Waals surface area contributed by atoms with E-state index in [2.05, 4.69) is 29.2 Å². The summed E-state index contributed by atoms with van der Waals surface area (Å²) in [6.07, 6.45) is 2.15. The van der Waals surface area contributed by atoms with Gasteiger partial charge in [0.05, 0.1) is 0 Å². The van der Waals surface area contributed by atoms with Crippen LogP contribution >= 0.6 is 0 Å². The van der Waals surface area contributed by atoms with Crippen molar-refractivity contribution in [2.45, 2.75) is 25.3 Å². The van der Waals surface area contributed by atoms with Gasteiger partial charge in [-0.05, 0) is 72.8 Å². The molecule has 0 unspecified atom stereocenters. The van der Waals surface area contributed by atoms with Crippen LogP contribution in [-0.2, 0) is 6.54 Å². The quantitative estimate of drug-likeness (QED) is 0.526. The molecule has 28 heavy (non-hydrogen) atoms. The van der Waals surface area contributed by atoms with Crippen LogP contribution in [0.2, 0.25) is 0 Å². The standard InChI is InChI=1S/C25H25F2N/c26-23-10-6-20(7-11-23)25(21-8-12-24(27)13-9-21)22-14-16-28(17-15-22)18-19-4-2-1-3-5-19/h1-13,22,25H,14-18H2. The van der Waals surface area contributed by atoms with Crippen LogP contribution in [-0.4, -0.2) is 18.0 Å². The van der Waals surface area contributed by atoms with Gasteiger partial charge in [0.2, 0.25) is 0 Å². The van der Waals surface area contributed by atoms with Crippen molar-refractivity contribution >= 4 is 0 Å². The number of benzene rings is 3. The Bertz CT molecular complexity index is 821. The molecule has 1 heterocycles. The minimum Gasteiger partial charge on any atom is -0.299 e. The molecule has 3 aromatic rings. The molecule has 1 saturated heterocycles. The maximum Gasteiger partial charge on any atom is 0.123 e. The van der Waals surface area contributed by atoms with E-state index in [0.717, 1.165) is 43.6 Å². The van der Waals surface area contributed by atoms with Crippen LogP contribution in [0.15, 0.2) is 78.9 Å². The summed E-state index contributed by atoms with van der Waals surface area (Å²) in [5.74, 6) is 0.182. The van der Waals surface area contributed by atoms with E-state index in [1.54, 1.807) is 0 Å². The molecule has 0 amide bonds. The summed E-state index contributed by atoms with van der Waals surface area (Å²) in [7, 11) is 0. The maximum absolute atomic E-state index is 13.4. The molecule has 3 heteroatoms. The summed E-state index contributed by atoms with van der Waals surface area (Å²) in [5.41, 5.74) is 3.55. The normalized spacial score (nSPS) is 15.8. The highest BCUT2D eigenvalue weighted by Crippen LogP contribution is 2.38. The van der Waals surface area contributed by atoms with Crippen molar-refractivity contribution in [3.05, 3.63) is 107 Å². The zero-order valence-electron chi connectivity index (χ0n) is 15.9. The van der Waals surface area contributed by atoms with Crippen LogP contribution in [0.5, 0.6) is 0 Å². The van der Waals surface area contributed by atoms with E-state index in [9.17, 15) is 8.78 Å². The molecule has 144 valence electrons. The molecule has 1 fully saturated rings. The third-order valence-corrected chi connectivity index (χ3v) is 5.81. The molecule has 1 aliphatic heterocycles. The Hall–Kier alpha value is -2.52. The first-order chi connectivity index (χ1) is 13.7. The topological polar surface area (TPSA) is 3.24 Å². The highest BCUT2D eigenvalue weighted by Gasteiger charge is 2.29. The molecule has 0 radical (unpaired) electrons. The smallest absolute Gasteiger partial charge is 0.123 e. The minimum atomic E-state index is -0.223. The summed E-state index contributed by atoms with van der Waals surface area (Å²) in [6.45, 7) is 3.06. The molecule has 1 nitrogen and oxygen atoms in total. The van der Waals surface area contributed by atoms with Gasteiger partial charge in [0, 0.05) is 12.5 Å². The lowest BCUT2D eigenvalue weighted by atomic mass is 9.76. The molecule has 1 aliphatic rings. The second-order valence-electron chi connectivity index (χ2n) is 7.68. The van der Waals surface area contributed by atoms with Crippen LogP contribution in [0, 0.1) is 17.6 Å². The first kappa shape index (κ1) is 18.8. The van der Waals surface area contributed by atoms with Crippen LogP contribution in [0.3, 0.4) is 0 Å². The van der Waals surface area contributed by atoms with Gasteiger partial charge in [-0.3, -0.25) is 4.90 Å². The largest absolute Gasteiger partial charge is 0.299 e. The van der Waals surface area contributed by atoms with Gasteiger partial charge in [0.25, 0.3) is 0 Å². The average Bonchev–Trinajstić information content (AvgIpc) is 2.73. The Labute approximate surface area is 165 Å². The van der Waals surface area contributed by atoms with Crippen LogP contribution in [0.25, 0.3) is 0 Å². The van der Waals surface area contributed by atoms with E-state index in [1.807, 2.05) is 30.3 Å². The number of halogens is 2. The van der Waals surface area contributed by atoms with Gasteiger partial charge in [-0.1, -0.05) is 54.6 Å². The summed E-state index contributed by atoms with van der Waals surface area (Å²) >= 11 is 0. The number of likely N-dealkylation sites (tertiary alicyclic amines) is 1. The van der Waals surface area contributed by atoms with E-state index in [0.29, 0.717) is 5.92 Å². The number of hydrogen-bond acceptors (Lipinski definition) is 1.